The maximum atomic E-state index is 13.2. The van der Waals surface area contributed by atoms with Crippen molar-refractivity contribution in [3.05, 3.63) is 29.6 Å². The van der Waals surface area contributed by atoms with E-state index in [4.69, 9.17) is 19.6 Å². The van der Waals surface area contributed by atoms with Crippen LogP contribution in [0.5, 0.6) is 0 Å². The number of nitrogens with one attached hydrogen (secondary N) is 1. The highest BCUT2D eigenvalue weighted by atomic mass is 16.6. The highest BCUT2D eigenvalue weighted by Crippen LogP contribution is 2.38. The van der Waals surface area contributed by atoms with Crippen LogP contribution in [-0.4, -0.2) is 79.5 Å². The van der Waals surface area contributed by atoms with Gasteiger partial charge in [0.05, 0.1) is 25.0 Å². The molecule has 1 aliphatic carbocycles. The lowest BCUT2D eigenvalue weighted by Crippen LogP contribution is -2.58. The SMILES string of the molecule is CC(C)c1cnn2c(NC3CC4CCC(C3)N4C(=O)OC3CN(C(=O)OC(C)(C)C)C3)cc(C3=CCCC3)nc12. The molecule has 1 N–H and O–H groups in total. The number of nitrogens with zero attached hydrogens (tertiary/aromatic N) is 5. The number of aromatic nitrogens is 3. The van der Waals surface area contributed by atoms with Gasteiger partial charge in [-0.2, -0.15) is 9.61 Å². The number of rotatable bonds is 5. The van der Waals surface area contributed by atoms with Crippen molar-refractivity contribution in [3.8, 4) is 0 Å². The smallest absolute Gasteiger partial charge is 0.410 e. The molecule has 10 heteroatoms. The zero-order valence-corrected chi connectivity index (χ0v) is 24.4. The van der Waals surface area contributed by atoms with E-state index in [-0.39, 0.29) is 36.4 Å². The van der Waals surface area contributed by atoms with Crippen molar-refractivity contribution < 1.29 is 19.1 Å². The number of hydrogen-bond acceptors (Lipinski definition) is 7. The summed E-state index contributed by atoms with van der Waals surface area (Å²) in [4.78, 5) is 34.0. The molecule has 6 rings (SSSR count). The third-order valence-electron chi connectivity index (χ3n) is 8.55. The second-order valence-electron chi connectivity index (χ2n) is 13.1. The Balaban J connectivity index is 1.11. The van der Waals surface area contributed by atoms with Crippen LogP contribution in [0.4, 0.5) is 15.4 Å². The maximum absolute atomic E-state index is 13.2. The van der Waals surface area contributed by atoms with E-state index in [1.807, 2.05) is 36.4 Å². The molecule has 2 unspecified atom stereocenters. The van der Waals surface area contributed by atoms with Crippen LogP contribution in [0.3, 0.4) is 0 Å². The van der Waals surface area contributed by atoms with Crippen molar-refractivity contribution >= 4 is 29.2 Å². The highest BCUT2D eigenvalue weighted by molar-refractivity contribution is 5.72. The predicted octanol–water partition coefficient (Wildman–Crippen LogP) is 5.58. The summed E-state index contributed by atoms with van der Waals surface area (Å²) >= 11 is 0. The van der Waals surface area contributed by atoms with E-state index in [1.54, 1.807) is 4.90 Å². The molecule has 3 fully saturated rings. The van der Waals surface area contributed by atoms with E-state index in [1.165, 1.54) is 12.0 Å². The summed E-state index contributed by atoms with van der Waals surface area (Å²) in [5.74, 6) is 1.31. The van der Waals surface area contributed by atoms with Crippen LogP contribution >= 0.6 is 0 Å². The fourth-order valence-corrected chi connectivity index (χ4v) is 6.55. The number of piperidine rings is 1. The molecule has 2 amide bonds. The first-order chi connectivity index (χ1) is 19.1. The van der Waals surface area contributed by atoms with Crippen molar-refractivity contribution in [3.63, 3.8) is 0 Å². The van der Waals surface area contributed by atoms with Crippen LogP contribution in [0.15, 0.2) is 18.3 Å². The quantitative estimate of drug-likeness (QED) is 0.518. The van der Waals surface area contributed by atoms with Gasteiger partial charge in [-0.1, -0.05) is 19.9 Å². The third kappa shape index (κ3) is 5.24. The van der Waals surface area contributed by atoms with Crippen molar-refractivity contribution in [2.45, 2.75) is 115 Å². The minimum atomic E-state index is -0.540. The molecule has 0 saturated carbocycles. The van der Waals surface area contributed by atoms with E-state index in [0.717, 1.165) is 61.2 Å². The Kier molecular flexibility index (Phi) is 6.91. The molecular weight excluding hydrogens is 508 g/mol. The summed E-state index contributed by atoms with van der Waals surface area (Å²) in [6.07, 6.45) is 10.4. The fraction of sp³-hybridized carbons (Fsp3) is 0.667. The lowest BCUT2D eigenvalue weighted by molar-refractivity contribution is -0.0485. The standard InChI is InChI=1S/C30H42N6O4/c1-18(2)24-15-31-36-26(14-25(33-27(24)36)19-8-6-7-9-19)32-20-12-21-10-11-22(13-20)35(21)29(38)39-23-16-34(17-23)28(37)40-30(3,4)5/h8,14-15,18,20-23,32H,6-7,9-13,16-17H2,1-5H3. The number of allylic oxidation sites excluding steroid dienone is 2. The molecule has 216 valence electrons. The zero-order valence-electron chi connectivity index (χ0n) is 24.4. The topological polar surface area (TPSA) is 101 Å². The van der Waals surface area contributed by atoms with Crippen molar-refractivity contribution in [2.24, 2.45) is 0 Å². The molecule has 5 heterocycles. The van der Waals surface area contributed by atoms with Gasteiger partial charge in [0.15, 0.2) is 5.65 Å². The van der Waals surface area contributed by atoms with Gasteiger partial charge in [-0.15, -0.1) is 0 Å². The molecule has 0 spiro atoms. The van der Waals surface area contributed by atoms with Gasteiger partial charge in [-0.25, -0.2) is 14.6 Å². The number of hydrogen-bond donors (Lipinski definition) is 1. The van der Waals surface area contributed by atoms with E-state index < -0.39 is 5.60 Å². The summed E-state index contributed by atoms with van der Waals surface area (Å²) in [6, 6.07) is 2.67. The van der Waals surface area contributed by atoms with Crippen LogP contribution in [0.25, 0.3) is 11.2 Å². The van der Waals surface area contributed by atoms with Crippen LogP contribution in [0, 0.1) is 0 Å². The second-order valence-corrected chi connectivity index (χ2v) is 13.1. The molecular formula is C30H42N6O4. The first kappa shape index (κ1) is 26.9. The van der Waals surface area contributed by atoms with Gasteiger partial charge in [0, 0.05) is 29.8 Å². The highest BCUT2D eigenvalue weighted by Gasteiger charge is 2.46. The summed E-state index contributed by atoms with van der Waals surface area (Å²) in [6.45, 7) is 10.7. The molecule has 10 nitrogen and oxygen atoms in total. The van der Waals surface area contributed by atoms with E-state index >= 15 is 0 Å². The van der Waals surface area contributed by atoms with E-state index in [0.29, 0.717) is 19.0 Å². The van der Waals surface area contributed by atoms with Gasteiger partial charge < -0.3 is 24.6 Å². The molecule has 2 bridgehead atoms. The Morgan fingerprint density at radius 1 is 1.10 bits per heavy atom. The Hall–Kier alpha value is -3.30. The Bertz CT molecular complexity index is 1310. The number of amides is 2. The number of ether oxygens (including phenoxy) is 2. The normalized spacial score (nSPS) is 24.9. The average molecular weight is 551 g/mol. The van der Waals surface area contributed by atoms with Crippen molar-refractivity contribution in [1.82, 2.24) is 24.4 Å². The van der Waals surface area contributed by atoms with Crippen LogP contribution < -0.4 is 5.32 Å². The summed E-state index contributed by atoms with van der Waals surface area (Å²) < 4.78 is 13.2. The first-order valence-corrected chi connectivity index (χ1v) is 14.9. The molecule has 2 atom stereocenters. The van der Waals surface area contributed by atoms with Gasteiger partial charge in [-0.3, -0.25) is 0 Å². The molecule has 0 radical (unpaired) electrons. The molecule has 2 aromatic heterocycles. The number of anilines is 1. The number of likely N-dealkylation sites (tertiary alicyclic amines) is 1. The maximum Gasteiger partial charge on any atom is 0.410 e. The van der Waals surface area contributed by atoms with E-state index in [2.05, 4.69) is 31.3 Å². The Morgan fingerprint density at radius 2 is 1.82 bits per heavy atom. The Labute approximate surface area is 236 Å². The van der Waals surface area contributed by atoms with E-state index in [9.17, 15) is 9.59 Å². The van der Waals surface area contributed by atoms with Crippen molar-refractivity contribution in [2.75, 3.05) is 18.4 Å². The lowest BCUT2D eigenvalue weighted by atomic mass is 9.97. The minimum absolute atomic E-state index is 0.143. The van der Waals surface area contributed by atoms with Gasteiger partial charge in [-0.05, 0) is 77.2 Å². The first-order valence-electron chi connectivity index (χ1n) is 14.9. The Morgan fingerprint density at radius 3 is 2.45 bits per heavy atom. The van der Waals surface area contributed by atoms with Gasteiger partial charge >= 0.3 is 12.2 Å². The summed E-state index contributed by atoms with van der Waals surface area (Å²) in [7, 11) is 0. The molecule has 4 aliphatic rings. The van der Waals surface area contributed by atoms with Gasteiger partial charge in [0.1, 0.15) is 17.5 Å². The zero-order chi connectivity index (χ0) is 28.2. The monoisotopic (exact) mass is 550 g/mol. The molecule has 3 aliphatic heterocycles. The molecule has 2 aromatic rings. The molecule has 0 aromatic carbocycles. The lowest BCUT2D eigenvalue weighted by Gasteiger charge is -2.42. The van der Waals surface area contributed by atoms with Crippen LogP contribution in [0.2, 0.25) is 0 Å². The van der Waals surface area contributed by atoms with Crippen LogP contribution in [0.1, 0.15) is 96.7 Å². The van der Waals surface area contributed by atoms with Gasteiger partial charge in [0.2, 0.25) is 0 Å². The number of fused-ring (bicyclic) bond motifs is 3. The molecule has 3 saturated heterocycles. The third-order valence-corrected chi connectivity index (χ3v) is 8.55. The summed E-state index contributed by atoms with van der Waals surface area (Å²) in [5.41, 5.74) is 3.90. The average Bonchev–Trinajstić information content (AvgIpc) is 3.58. The van der Waals surface area contributed by atoms with Crippen LogP contribution in [-0.2, 0) is 9.47 Å². The van der Waals surface area contributed by atoms with Gasteiger partial charge in [0.25, 0.3) is 0 Å². The second kappa shape index (κ2) is 10.3. The fourth-order valence-electron chi connectivity index (χ4n) is 6.55. The largest absolute Gasteiger partial charge is 0.444 e. The number of carbonyl (C=O) groups excluding carboxylic acids is 2. The molecule has 40 heavy (non-hydrogen) atoms. The predicted molar refractivity (Wildman–Crippen MR) is 152 cm³/mol. The summed E-state index contributed by atoms with van der Waals surface area (Å²) in [5, 5.41) is 8.50. The van der Waals surface area contributed by atoms with Crippen molar-refractivity contribution in [1.29, 1.82) is 0 Å². The number of carbonyl (C=O) groups is 2. The minimum Gasteiger partial charge on any atom is -0.444 e.